The van der Waals surface area contributed by atoms with Gasteiger partial charge in [0.25, 0.3) is 0 Å². The fourth-order valence-electron chi connectivity index (χ4n) is 2.49. The number of rotatable bonds is 4. The van der Waals surface area contributed by atoms with Crippen LogP contribution in [0.2, 0.25) is 0 Å². The van der Waals surface area contributed by atoms with E-state index in [1.54, 1.807) is 18.7 Å². The largest absolute Gasteiger partial charge is 0.469 e. The Balaban J connectivity index is 2.09. The van der Waals surface area contributed by atoms with Crippen molar-refractivity contribution in [2.24, 2.45) is 0 Å². The third-order valence-electron chi connectivity index (χ3n) is 3.59. The van der Waals surface area contributed by atoms with Crippen molar-refractivity contribution in [1.29, 1.82) is 0 Å². The average Bonchev–Trinajstić information content (AvgIpc) is 2.95. The van der Waals surface area contributed by atoms with E-state index >= 15 is 0 Å². The molecule has 2 heterocycles. The Morgan fingerprint density at radius 1 is 1.41 bits per heavy atom. The van der Waals surface area contributed by atoms with Gasteiger partial charge in [0, 0.05) is 18.1 Å². The van der Waals surface area contributed by atoms with E-state index < -0.39 is 0 Å². The molecule has 2 N–H and O–H groups in total. The molecule has 0 spiro atoms. The summed E-state index contributed by atoms with van der Waals surface area (Å²) in [5, 5.41) is 0. The first-order valence-electron chi connectivity index (χ1n) is 6.88. The number of nitrogens with two attached hydrogens (primary N) is 1. The number of imidazole rings is 1. The standard InChI is InChI=1S/C16H16N4O2/c1-22-16(21)8-15(11-3-2-6-18-9-11)20-10-19-13-7-12(17)4-5-14(13)20/h2-7,9-10,15H,8,17H2,1H3. The zero-order chi connectivity index (χ0) is 15.5. The van der Waals surface area contributed by atoms with E-state index in [2.05, 4.69) is 9.97 Å². The van der Waals surface area contributed by atoms with E-state index in [-0.39, 0.29) is 18.4 Å². The summed E-state index contributed by atoms with van der Waals surface area (Å²) in [6, 6.07) is 9.08. The predicted molar refractivity (Wildman–Crippen MR) is 83.2 cm³/mol. The lowest BCUT2D eigenvalue weighted by molar-refractivity contribution is -0.141. The van der Waals surface area contributed by atoms with Crippen LogP contribution in [0.3, 0.4) is 0 Å². The van der Waals surface area contributed by atoms with Gasteiger partial charge < -0.3 is 15.0 Å². The molecule has 0 bridgehead atoms. The Bertz CT molecular complexity index is 798. The number of fused-ring (bicyclic) bond motifs is 1. The highest BCUT2D eigenvalue weighted by Gasteiger charge is 2.20. The highest BCUT2D eigenvalue weighted by Crippen LogP contribution is 2.27. The Labute approximate surface area is 127 Å². The van der Waals surface area contributed by atoms with Crippen molar-refractivity contribution >= 4 is 22.7 Å². The van der Waals surface area contributed by atoms with Crippen LogP contribution in [0, 0.1) is 0 Å². The minimum Gasteiger partial charge on any atom is -0.469 e. The number of aromatic nitrogens is 3. The first-order chi connectivity index (χ1) is 10.7. The number of hydrogen-bond donors (Lipinski definition) is 1. The number of nitrogens with zero attached hydrogens (tertiary/aromatic N) is 3. The van der Waals surface area contributed by atoms with Gasteiger partial charge in [-0.15, -0.1) is 0 Å². The number of anilines is 1. The maximum absolute atomic E-state index is 11.8. The normalized spacial score (nSPS) is 12.2. The van der Waals surface area contributed by atoms with Crippen LogP contribution in [0.1, 0.15) is 18.0 Å². The molecule has 0 saturated heterocycles. The molecule has 1 aromatic carbocycles. The Morgan fingerprint density at radius 3 is 3.00 bits per heavy atom. The monoisotopic (exact) mass is 296 g/mol. The van der Waals surface area contributed by atoms with Crippen LogP contribution < -0.4 is 5.73 Å². The quantitative estimate of drug-likeness (QED) is 0.589. The highest BCUT2D eigenvalue weighted by molar-refractivity contribution is 5.79. The maximum Gasteiger partial charge on any atom is 0.307 e. The molecular weight excluding hydrogens is 280 g/mol. The number of hydrogen-bond acceptors (Lipinski definition) is 5. The second-order valence-electron chi connectivity index (χ2n) is 4.98. The third kappa shape index (κ3) is 2.63. The van der Waals surface area contributed by atoms with E-state index in [0.29, 0.717) is 5.69 Å². The summed E-state index contributed by atoms with van der Waals surface area (Å²) in [5.41, 5.74) is 9.07. The van der Waals surface area contributed by atoms with E-state index in [4.69, 9.17) is 10.5 Å². The molecule has 1 atom stereocenters. The van der Waals surface area contributed by atoms with Gasteiger partial charge >= 0.3 is 5.97 Å². The molecule has 112 valence electrons. The minimum atomic E-state index is -0.286. The minimum absolute atomic E-state index is 0.206. The second-order valence-corrected chi connectivity index (χ2v) is 4.98. The van der Waals surface area contributed by atoms with Gasteiger partial charge in [0.1, 0.15) is 0 Å². The molecule has 2 aromatic heterocycles. The molecule has 6 heteroatoms. The van der Waals surface area contributed by atoms with Gasteiger partial charge in [0.2, 0.25) is 0 Å². The summed E-state index contributed by atoms with van der Waals surface area (Å²) >= 11 is 0. The van der Waals surface area contributed by atoms with E-state index in [0.717, 1.165) is 16.6 Å². The Kier molecular flexibility index (Phi) is 3.74. The van der Waals surface area contributed by atoms with Crippen molar-refractivity contribution in [3.05, 3.63) is 54.6 Å². The van der Waals surface area contributed by atoms with Crippen LogP contribution in [-0.2, 0) is 9.53 Å². The molecule has 3 aromatic rings. The second kappa shape index (κ2) is 5.85. The number of methoxy groups -OCH3 is 1. The van der Waals surface area contributed by atoms with Crippen LogP contribution >= 0.6 is 0 Å². The summed E-state index contributed by atoms with van der Waals surface area (Å²) in [4.78, 5) is 20.3. The molecular formula is C16H16N4O2. The molecule has 3 rings (SSSR count). The maximum atomic E-state index is 11.8. The van der Waals surface area contributed by atoms with Gasteiger partial charge in [-0.1, -0.05) is 6.07 Å². The summed E-state index contributed by atoms with van der Waals surface area (Å²) in [6.07, 6.45) is 5.37. The van der Waals surface area contributed by atoms with E-state index in [9.17, 15) is 4.79 Å². The highest BCUT2D eigenvalue weighted by atomic mass is 16.5. The lowest BCUT2D eigenvalue weighted by atomic mass is 10.1. The topological polar surface area (TPSA) is 83.0 Å². The van der Waals surface area contributed by atoms with Crippen molar-refractivity contribution in [3.8, 4) is 0 Å². The molecule has 6 nitrogen and oxygen atoms in total. The van der Waals surface area contributed by atoms with E-state index in [1.807, 2.05) is 34.9 Å². The number of ether oxygens (including phenoxy) is 1. The summed E-state index contributed by atoms with van der Waals surface area (Å²) in [5.74, 6) is -0.286. The summed E-state index contributed by atoms with van der Waals surface area (Å²) in [7, 11) is 1.38. The molecule has 0 saturated carbocycles. The fourth-order valence-corrected chi connectivity index (χ4v) is 2.49. The van der Waals surface area contributed by atoms with Crippen molar-refractivity contribution in [1.82, 2.24) is 14.5 Å². The number of carbonyl (C=O) groups is 1. The lowest BCUT2D eigenvalue weighted by Gasteiger charge is -2.18. The molecule has 0 radical (unpaired) electrons. The van der Waals surface area contributed by atoms with Gasteiger partial charge in [-0.25, -0.2) is 4.98 Å². The molecule has 0 aliphatic carbocycles. The number of nitrogen functional groups attached to an aromatic ring is 1. The van der Waals surface area contributed by atoms with Gasteiger partial charge in [-0.3, -0.25) is 9.78 Å². The van der Waals surface area contributed by atoms with E-state index in [1.165, 1.54) is 7.11 Å². The predicted octanol–water partition coefficient (Wildman–Crippen LogP) is 2.17. The first-order valence-corrected chi connectivity index (χ1v) is 6.88. The average molecular weight is 296 g/mol. The zero-order valence-electron chi connectivity index (χ0n) is 12.1. The number of benzene rings is 1. The van der Waals surface area contributed by atoms with Crippen molar-refractivity contribution < 1.29 is 9.53 Å². The Hall–Kier alpha value is -2.89. The molecule has 0 aliphatic heterocycles. The van der Waals surface area contributed by atoms with Gasteiger partial charge in [0.05, 0.1) is 36.9 Å². The Morgan fingerprint density at radius 2 is 2.27 bits per heavy atom. The molecule has 0 amide bonds. The fraction of sp³-hybridized carbons (Fsp3) is 0.188. The molecule has 0 fully saturated rings. The summed E-state index contributed by atoms with van der Waals surface area (Å²) < 4.78 is 6.77. The number of carbonyl (C=O) groups excluding carboxylic acids is 1. The smallest absolute Gasteiger partial charge is 0.307 e. The van der Waals surface area contributed by atoms with Crippen LogP contribution in [0.15, 0.2) is 49.1 Å². The van der Waals surface area contributed by atoms with Crippen molar-refractivity contribution in [2.45, 2.75) is 12.5 Å². The first kappa shape index (κ1) is 14.1. The van der Waals surface area contributed by atoms with Gasteiger partial charge in [0.15, 0.2) is 0 Å². The summed E-state index contributed by atoms with van der Waals surface area (Å²) in [6.45, 7) is 0. The zero-order valence-corrected chi connectivity index (χ0v) is 12.1. The molecule has 0 aliphatic rings. The van der Waals surface area contributed by atoms with Crippen molar-refractivity contribution in [2.75, 3.05) is 12.8 Å². The van der Waals surface area contributed by atoms with Gasteiger partial charge in [-0.2, -0.15) is 0 Å². The van der Waals surface area contributed by atoms with Crippen LogP contribution in [0.5, 0.6) is 0 Å². The number of pyridine rings is 1. The van der Waals surface area contributed by atoms with Gasteiger partial charge in [-0.05, 0) is 29.8 Å². The van der Waals surface area contributed by atoms with Crippen LogP contribution in [0.4, 0.5) is 5.69 Å². The number of esters is 1. The van der Waals surface area contributed by atoms with Crippen LogP contribution in [-0.4, -0.2) is 27.6 Å². The lowest BCUT2D eigenvalue weighted by Crippen LogP contribution is -2.16. The van der Waals surface area contributed by atoms with Crippen molar-refractivity contribution in [3.63, 3.8) is 0 Å². The third-order valence-corrected chi connectivity index (χ3v) is 3.59. The molecule has 1 unspecified atom stereocenters. The molecule has 22 heavy (non-hydrogen) atoms. The SMILES string of the molecule is COC(=O)CC(c1cccnc1)n1cnc2cc(N)ccc21. The van der Waals surface area contributed by atoms with Crippen LogP contribution in [0.25, 0.3) is 11.0 Å².